The van der Waals surface area contributed by atoms with Gasteiger partial charge in [-0.2, -0.15) is 0 Å². The van der Waals surface area contributed by atoms with Gasteiger partial charge in [-0.05, 0) is 57.2 Å². The molecule has 1 aliphatic carbocycles. The molecule has 1 aliphatic heterocycles. The predicted molar refractivity (Wildman–Crippen MR) is 72.5 cm³/mol. The first-order chi connectivity index (χ1) is 7.91. The molecule has 2 aliphatic rings. The highest BCUT2D eigenvalue weighted by Crippen LogP contribution is 2.37. The Bertz CT molecular complexity index is 288. The topological polar surface area (TPSA) is 41.3 Å². The molecule has 17 heavy (non-hydrogen) atoms. The van der Waals surface area contributed by atoms with E-state index in [1.807, 2.05) is 0 Å². The third kappa shape index (κ3) is 3.02. The Morgan fingerprint density at radius 2 is 1.94 bits per heavy atom. The van der Waals surface area contributed by atoms with Crippen molar-refractivity contribution in [1.29, 1.82) is 0 Å². The second kappa shape index (κ2) is 4.62. The lowest BCUT2D eigenvalue weighted by Crippen LogP contribution is -2.54. The number of nitrogens with one attached hydrogen (secondary N) is 1. The van der Waals surface area contributed by atoms with E-state index in [0.717, 1.165) is 6.67 Å². The van der Waals surface area contributed by atoms with Crippen LogP contribution in [0.3, 0.4) is 0 Å². The Balaban J connectivity index is 1.98. The highest BCUT2D eigenvalue weighted by atomic mass is 15.3. The van der Waals surface area contributed by atoms with Crippen molar-refractivity contribution in [2.24, 2.45) is 11.1 Å². The van der Waals surface area contributed by atoms with Crippen LogP contribution < -0.4 is 11.1 Å². The highest BCUT2D eigenvalue weighted by Gasteiger charge is 2.36. The second-order valence-electron chi connectivity index (χ2n) is 6.70. The summed E-state index contributed by atoms with van der Waals surface area (Å²) in [5.41, 5.74) is 6.62. The fourth-order valence-corrected chi connectivity index (χ4v) is 2.95. The summed E-state index contributed by atoms with van der Waals surface area (Å²) < 4.78 is 0. The van der Waals surface area contributed by atoms with Gasteiger partial charge in [-0.1, -0.05) is 6.92 Å². The van der Waals surface area contributed by atoms with Crippen molar-refractivity contribution >= 4 is 0 Å². The number of rotatable bonds is 2. The Labute approximate surface area is 105 Å². The Hall–Kier alpha value is -0.540. The lowest BCUT2D eigenvalue weighted by molar-refractivity contribution is 0.0572. The predicted octanol–water partition coefficient (Wildman–Crippen LogP) is 2.05. The average Bonchev–Trinajstić information content (AvgIpc) is 2.26. The van der Waals surface area contributed by atoms with E-state index < -0.39 is 0 Å². The van der Waals surface area contributed by atoms with Crippen molar-refractivity contribution in [3.8, 4) is 0 Å². The van der Waals surface area contributed by atoms with Gasteiger partial charge in [0.2, 0.25) is 0 Å². The van der Waals surface area contributed by atoms with Crippen molar-refractivity contribution in [2.45, 2.75) is 58.0 Å². The van der Waals surface area contributed by atoms with E-state index in [1.54, 1.807) is 0 Å². The van der Waals surface area contributed by atoms with E-state index in [4.69, 9.17) is 5.73 Å². The molecule has 3 N–H and O–H groups in total. The summed E-state index contributed by atoms with van der Waals surface area (Å²) >= 11 is 0. The third-order valence-electron chi connectivity index (χ3n) is 4.52. The van der Waals surface area contributed by atoms with E-state index in [9.17, 15) is 0 Å². The maximum absolute atomic E-state index is 6.01. The minimum absolute atomic E-state index is 0.174. The van der Waals surface area contributed by atoms with E-state index in [1.165, 1.54) is 32.2 Å². The minimum Gasteiger partial charge on any atom is -0.378 e. The highest BCUT2D eigenvalue weighted by molar-refractivity contribution is 5.06. The third-order valence-corrected chi connectivity index (χ3v) is 4.52. The molecule has 0 saturated heterocycles. The molecular formula is C14H27N3. The summed E-state index contributed by atoms with van der Waals surface area (Å²) in [5, 5.41) is 3.33. The van der Waals surface area contributed by atoms with Crippen molar-refractivity contribution in [3.05, 3.63) is 12.3 Å². The van der Waals surface area contributed by atoms with Gasteiger partial charge in [0.05, 0.1) is 6.67 Å². The Kier molecular flexibility index (Phi) is 3.50. The first kappa shape index (κ1) is 12.9. The van der Waals surface area contributed by atoms with Crippen molar-refractivity contribution < 1.29 is 0 Å². The van der Waals surface area contributed by atoms with Gasteiger partial charge in [0.15, 0.2) is 0 Å². The summed E-state index contributed by atoms with van der Waals surface area (Å²) in [6.07, 6.45) is 9.25. The zero-order valence-electron chi connectivity index (χ0n) is 11.5. The molecule has 0 aromatic rings. The molecule has 0 atom stereocenters. The standard InChI is InChI=1S/C14H27N3/c1-13(2)8-9-16-11-17(13)10-14(3)6-4-12(15)5-7-14/h8-9,12,16H,4-7,10-11,15H2,1-3H3. The van der Waals surface area contributed by atoms with Gasteiger partial charge < -0.3 is 11.1 Å². The molecule has 0 bridgehead atoms. The van der Waals surface area contributed by atoms with E-state index in [0.29, 0.717) is 11.5 Å². The van der Waals surface area contributed by atoms with Crippen molar-refractivity contribution in [1.82, 2.24) is 10.2 Å². The molecule has 3 heteroatoms. The molecule has 0 amide bonds. The normalized spacial score (nSPS) is 37.8. The molecule has 0 radical (unpaired) electrons. The fourth-order valence-electron chi connectivity index (χ4n) is 2.95. The monoisotopic (exact) mass is 237 g/mol. The van der Waals surface area contributed by atoms with Crippen LogP contribution in [0.1, 0.15) is 46.5 Å². The zero-order valence-corrected chi connectivity index (χ0v) is 11.5. The zero-order chi connectivity index (χ0) is 12.5. The minimum atomic E-state index is 0.174. The first-order valence-corrected chi connectivity index (χ1v) is 6.83. The molecule has 0 aromatic heterocycles. The van der Waals surface area contributed by atoms with Gasteiger partial charge >= 0.3 is 0 Å². The molecule has 2 rings (SSSR count). The molecule has 98 valence electrons. The molecule has 1 heterocycles. The van der Waals surface area contributed by atoms with Gasteiger partial charge in [-0.3, -0.25) is 4.90 Å². The van der Waals surface area contributed by atoms with Gasteiger partial charge in [-0.15, -0.1) is 0 Å². The van der Waals surface area contributed by atoms with Crippen LogP contribution >= 0.6 is 0 Å². The van der Waals surface area contributed by atoms with Crippen molar-refractivity contribution in [3.63, 3.8) is 0 Å². The molecule has 1 saturated carbocycles. The lowest BCUT2D eigenvalue weighted by atomic mass is 9.73. The van der Waals surface area contributed by atoms with Crippen LogP contribution in [0.5, 0.6) is 0 Å². The van der Waals surface area contributed by atoms with Crippen molar-refractivity contribution in [2.75, 3.05) is 13.2 Å². The number of hydrogen-bond donors (Lipinski definition) is 2. The number of nitrogens with zero attached hydrogens (tertiary/aromatic N) is 1. The number of hydrogen-bond acceptors (Lipinski definition) is 3. The van der Waals surface area contributed by atoms with Gasteiger partial charge in [-0.25, -0.2) is 0 Å². The van der Waals surface area contributed by atoms with E-state index in [2.05, 4.69) is 43.3 Å². The van der Waals surface area contributed by atoms with Crippen LogP contribution in [0.25, 0.3) is 0 Å². The molecule has 3 nitrogen and oxygen atoms in total. The first-order valence-electron chi connectivity index (χ1n) is 6.83. The lowest BCUT2D eigenvalue weighted by Gasteiger charge is -2.46. The van der Waals surface area contributed by atoms with Gasteiger partial charge in [0.25, 0.3) is 0 Å². The van der Waals surface area contributed by atoms with Crippen LogP contribution in [0.2, 0.25) is 0 Å². The summed E-state index contributed by atoms with van der Waals surface area (Å²) in [6, 6.07) is 0.440. The fraction of sp³-hybridized carbons (Fsp3) is 0.857. The smallest absolute Gasteiger partial charge is 0.0680 e. The largest absolute Gasteiger partial charge is 0.378 e. The van der Waals surface area contributed by atoms with Crippen LogP contribution in [0, 0.1) is 5.41 Å². The quantitative estimate of drug-likeness (QED) is 0.772. The van der Waals surface area contributed by atoms with Crippen LogP contribution in [-0.4, -0.2) is 29.7 Å². The summed E-state index contributed by atoms with van der Waals surface area (Å²) in [6.45, 7) is 9.15. The Morgan fingerprint density at radius 1 is 1.29 bits per heavy atom. The maximum Gasteiger partial charge on any atom is 0.0680 e. The summed E-state index contributed by atoms with van der Waals surface area (Å²) in [4.78, 5) is 2.55. The molecule has 0 aromatic carbocycles. The van der Waals surface area contributed by atoms with E-state index >= 15 is 0 Å². The maximum atomic E-state index is 6.01. The molecule has 1 fully saturated rings. The van der Waals surface area contributed by atoms with Crippen LogP contribution in [0.4, 0.5) is 0 Å². The molecule has 0 spiro atoms. The molecular weight excluding hydrogens is 210 g/mol. The second-order valence-corrected chi connectivity index (χ2v) is 6.70. The number of nitrogens with two attached hydrogens (primary N) is 1. The Morgan fingerprint density at radius 3 is 2.53 bits per heavy atom. The summed E-state index contributed by atoms with van der Waals surface area (Å²) in [7, 11) is 0. The van der Waals surface area contributed by atoms with Gasteiger partial charge in [0.1, 0.15) is 0 Å². The summed E-state index contributed by atoms with van der Waals surface area (Å²) in [5.74, 6) is 0. The SMILES string of the molecule is CC1(CN2CNC=CC2(C)C)CCC(N)CC1. The van der Waals surface area contributed by atoms with Gasteiger partial charge in [0, 0.05) is 18.1 Å². The van der Waals surface area contributed by atoms with E-state index in [-0.39, 0.29) is 5.54 Å². The average molecular weight is 237 g/mol. The van der Waals surface area contributed by atoms with Crippen LogP contribution in [-0.2, 0) is 0 Å². The molecule has 0 unspecified atom stereocenters. The van der Waals surface area contributed by atoms with Crippen LogP contribution in [0.15, 0.2) is 12.3 Å².